The Balaban J connectivity index is 1.81. The van der Waals surface area contributed by atoms with Crippen molar-refractivity contribution in [2.75, 3.05) is 17.7 Å². The third-order valence-corrected chi connectivity index (χ3v) is 4.09. The van der Waals surface area contributed by atoms with Crippen molar-refractivity contribution in [3.8, 4) is 0 Å². The zero-order valence-electron chi connectivity index (χ0n) is 11.7. The molecule has 0 spiro atoms. The van der Waals surface area contributed by atoms with E-state index < -0.39 is 0 Å². The van der Waals surface area contributed by atoms with E-state index in [4.69, 9.17) is 22.1 Å². The molecule has 0 radical (unpaired) electrons. The van der Waals surface area contributed by atoms with Crippen molar-refractivity contribution in [2.24, 2.45) is 5.92 Å². The predicted molar refractivity (Wildman–Crippen MR) is 81.9 cm³/mol. The van der Waals surface area contributed by atoms with Gasteiger partial charge in [-0.05, 0) is 37.0 Å². The highest BCUT2D eigenvalue weighted by Crippen LogP contribution is 2.26. The Morgan fingerprint density at radius 1 is 1.45 bits per heavy atom. The molecule has 1 amide bonds. The Morgan fingerprint density at radius 3 is 2.90 bits per heavy atom. The number of nitrogens with one attached hydrogen (secondary N) is 1. The first-order valence-corrected chi connectivity index (χ1v) is 7.40. The number of carbonyl (C=O) groups excluding carboxylic acids is 1. The standard InChI is InChI=1S/C15H21ClN2O2/c1-10-4-2-3-5-14(10)20-9-15(19)18-11-6-7-12(16)13(17)8-11/h6-8,10,14H,2-5,9,17H2,1H3,(H,18,19). The van der Waals surface area contributed by atoms with E-state index in [-0.39, 0.29) is 18.6 Å². The molecule has 0 aliphatic heterocycles. The Kier molecular flexibility index (Phi) is 5.26. The van der Waals surface area contributed by atoms with Gasteiger partial charge in [-0.2, -0.15) is 0 Å². The summed E-state index contributed by atoms with van der Waals surface area (Å²) in [6.07, 6.45) is 4.87. The van der Waals surface area contributed by atoms with Crippen molar-refractivity contribution in [2.45, 2.75) is 38.7 Å². The highest BCUT2D eigenvalue weighted by Gasteiger charge is 2.22. The van der Waals surface area contributed by atoms with E-state index in [1.165, 1.54) is 19.3 Å². The summed E-state index contributed by atoms with van der Waals surface area (Å²) >= 11 is 5.83. The largest absolute Gasteiger partial charge is 0.397 e. The first-order valence-electron chi connectivity index (χ1n) is 7.02. The molecule has 1 aromatic carbocycles. The van der Waals surface area contributed by atoms with Crippen molar-refractivity contribution < 1.29 is 9.53 Å². The maximum atomic E-state index is 11.8. The Labute approximate surface area is 124 Å². The maximum Gasteiger partial charge on any atom is 0.250 e. The zero-order chi connectivity index (χ0) is 14.5. The number of hydrogen-bond donors (Lipinski definition) is 2. The van der Waals surface area contributed by atoms with E-state index in [1.54, 1.807) is 18.2 Å². The number of carbonyl (C=O) groups is 1. The van der Waals surface area contributed by atoms with Crippen LogP contribution in [-0.4, -0.2) is 18.6 Å². The van der Waals surface area contributed by atoms with Gasteiger partial charge in [0.15, 0.2) is 0 Å². The molecule has 0 saturated heterocycles. The van der Waals surface area contributed by atoms with Crippen LogP contribution in [0.5, 0.6) is 0 Å². The summed E-state index contributed by atoms with van der Waals surface area (Å²) < 4.78 is 5.71. The van der Waals surface area contributed by atoms with Crippen LogP contribution in [0.3, 0.4) is 0 Å². The average molecular weight is 297 g/mol. The van der Waals surface area contributed by atoms with E-state index in [9.17, 15) is 4.79 Å². The summed E-state index contributed by atoms with van der Waals surface area (Å²) in [5.74, 6) is 0.368. The van der Waals surface area contributed by atoms with Crippen molar-refractivity contribution in [1.29, 1.82) is 0 Å². The number of ether oxygens (including phenoxy) is 1. The van der Waals surface area contributed by atoms with Gasteiger partial charge in [-0.1, -0.05) is 31.4 Å². The van der Waals surface area contributed by atoms with Crippen LogP contribution < -0.4 is 11.1 Å². The summed E-state index contributed by atoms with van der Waals surface area (Å²) in [6.45, 7) is 2.26. The molecular weight excluding hydrogens is 276 g/mol. The zero-order valence-corrected chi connectivity index (χ0v) is 12.5. The topological polar surface area (TPSA) is 64.3 Å². The molecule has 1 aliphatic carbocycles. The van der Waals surface area contributed by atoms with Gasteiger partial charge >= 0.3 is 0 Å². The second-order valence-corrected chi connectivity index (χ2v) is 5.80. The lowest BCUT2D eigenvalue weighted by atomic mass is 9.88. The van der Waals surface area contributed by atoms with Gasteiger partial charge in [0.1, 0.15) is 6.61 Å². The molecule has 2 atom stereocenters. The fourth-order valence-corrected chi connectivity index (χ4v) is 2.65. The lowest BCUT2D eigenvalue weighted by Gasteiger charge is -2.28. The molecule has 2 unspecified atom stereocenters. The highest BCUT2D eigenvalue weighted by molar-refractivity contribution is 6.33. The van der Waals surface area contributed by atoms with Crippen molar-refractivity contribution in [3.05, 3.63) is 23.2 Å². The van der Waals surface area contributed by atoms with E-state index in [1.807, 2.05) is 0 Å². The van der Waals surface area contributed by atoms with E-state index in [2.05, 4.69) is 12.2 Å². The minimum Gasteiger partial charge on any atom is -0.397 e. The first kappa shape index (κ1) is 15.1. The maximum absolute atomic E-state index is 11.8. The number of amides is 1. The molecule has 4 nitrogen and oxygen atoms in total. The number of anilines is 2. The van der Waals surface area contributed by atoms with Gasteiger partial charge in [-0.3, -0.25) is 4.79 Å². The van der Waals surface area contributed by atoms with Crippen LogP contribution in [-0.2, 0) is 9.53 Å². The van der Waals surface area contributed by atoms with Crippen LogP contribution in [0.1, 0.15) is 32.6 Å². The van der Waals surface area contributed by atoms with Gasteiger partial charge in [0, 0.05) is 5.69 Å². The Hall–Kier alpha value is -1.26. The SMILES string of the molecule is CC1CCCCC1OCC(=O)Nc1ccc(Cl)c(N)c1. The number of nitrogen functional groups attached to an aromatic ring is 1. The molecule has 1 fully saturated rings. The van der Waals surface area contributed by atoms with Crippen LogP contribution in [0.15, 0.2) is 18.2 Å². The van der Waals surface area contributed by atoms with Crippen LogP contribution >= 0.6 is 11.6 Å². The number of nitrogens with two attached hydrogens (primary N) is 1. The van der Waals surface area contributed by atoms with E-state index >= 15 is 0 Å². The molecule has 110 valence electrons. The summed E-state index contributed by atoms with van der Waals surface area (Å²) in [5.41, 5.74) is 6.78. The molecule has 0 bridgehead atoms. The summed E-state index contributed by atoms with van der Waals surface area (Å²) in [4.78, 5) is 11.8. The smallest absolute Gasteiger partial charge is 0.250 e. The molecule has 1 aromatic rings. The van der Waals surface area contributed by atoms with E-state index in [0.29, 0.717) is 22.3 Å². The van der Waals surface area contributed by atoms with Gasteiger partial charge in [0.25, 0.3) is 0 Å². The van der Waals surface area contributed by atoms with Gasteiger partial charge in [-0.15, -0.1) is 0 Å². The third kappa shape index (κ3) is 4.12. The van der Waals surface area contributed by atoms with Crippen molar-refractivity contribution >= 4 is 28.9 Å². The fraction of sp³-hybridized carbons (Fsp3) is 0.533. The first-order chi connectivity index (χ1) is 9.56. The fourth-order valence-electron chi connectivity index (χ4n) is 2.53. The Morgan fingerprint density at radius 2 is 2.20 bits per heavy atom. The molecule has 20 heavy (non-hydrogen) atoms. The van der Waals surface area contributed by atoms with Crippen LogP contribution in [0.25, 0.3) is 0 Å². The summed E-state index contributed by atoms with van der Waals surface area (Å²) in [5, 5.41) is 3.24. The summed E-state index contributed by atoms with van der Waals surface area (Å²) in [6, 6.07) is 5.03. The van der Waals surface area contributed by atoms with Crippen LogP contribution in [0.4, 0.5) is 11.4 Å². The minimum atomic E-state index is -0.163. The second kappa shape index (κ2) is 6.95. The molecule has 1 saturated carbocycles. The average Bonchev–Trinajstić information content (AvgIpc) is 2.42. The molecule has 0 heterocycles. The van der Waals surface area contributed by atoms with Crippen LogP contribution in [0, 0.1) is 5.92 Å². The normalized spacial score (nSPS) is 22.5. The van der Waals surface area contributed by atoms with Gasteiger partial charge in [0.2, 0.25) is 5.91 Å². The molecule has 5 heteroatoms. The third-order valence-electron chi connectivity index (χ3n) is 3.74. The molecule has 0 aromatic heterocycles. The minimum absolute atomic E-state index is 0.0809. The van der Waals surface area contributed by atoms with Crippen molar-refractivity contribution in [1.82, 2.24) is 0 Å². The van der Waals surface area contributed by atoms with Crippen molar-refractivity contribution in [3.63, 3.8) is 0 Å². The predicted octanol–water partition coefficient (Wildman–Crippen LogP) is 3.46. The second-order valence-electron chi connectivity index (χ2n) is 5.40. The number of halogens is 1. The Bertz CT molecular complexity index is 479. The highest BCUT2D eigenvalue weighted by atomic mass is 35.5. The number of rotatable bonds is 4. The lowest BCUT2D eigenvalue weighted by Crippen LogP contribution is -2.29. The molecule has 3 N–H and O–H groups in total. The molecular formula is C15H21ClN2O2. The number of hydrogen-bond acceptors (Lipinski definition) is 3. The summed E-state index contributed by atoms with van der Waals surface area (Å²) in [7, 11) is 0. The van der Waals surface area contributed by atoms with Gasteiger partial charge in [-0.25, -0.2) is 0 Å². The quantitative estimate of drug-likeness (QED) is 0.836. The van der Waals surface area contributed by atoms with Gasteiger partial charge in [0.05, 0.1) is 16.8 Å². The van der Waals surface area contributed by atoms with Gasteiger partial charge < -0.3 is 15.8 Å². The van der Waals surface area contributed by atoms with E-state index in [0.717, 1.165) is 6.42 Å². The molecule has 2 rings (SSSR count). The lowest BCUT2D eigenvalue weighted by molar-refractivity contribution is -0.124. The van der Waals surface area contributed by atoms with Crippen LogP contribution in [0.2, 0.25) is 5.02 Å². The monoisotopic (exact) mass is 296 g/mol. The molecule has 1 aliphatic rings. The number of benzene rings is 1.